The van der Waals surface area contributed by atoms with Crippen LogP contribution >= 0.6 is 0 Å². The average molecular weight is 584 g/mol. The molecule has 3 rings (SSSR count). The predicted octanol–water partition coefficient (Wildman–Crippen LogP) is 9.40. The molecule has 1 aliphatic carbocycles. The largest absolute Gasteiger partial charge is 0.543 e. The summed E-state index contributed by atoms with van der Waals surface area (Å²) in [6, 6.07) is 14.1. The summed E-state index contributed by atoms with van der Waals surface area (Å²) in [4.78, 5) is 14.8. The topological polar surface area (TPSA) is 48.0 Å². The molecule has 0 aromatic heterocycles. The van der Waals surface area contributed by atoms with Gasteiger partial charge in [-0.15, -0.1) is 0 Å². The minimum Gasteiger partial charge on any atom is -0.543 e. The number of benzene rings is 2. The van der Waals surface area contributed by atoms with Gasteiger partial charge in [0.25, 0.3) is 0 Å². The number of esters is 1. The molecule has 40 heavy (non-hydrogen) atoms. The van der Waals surface area contributed by atoms with E-state index in [-0.39, 0.29) is 22.1 Å². The fourth-order valence-electron chi connectivity index (χ4n) is 4.49. The zero-order chi connectivity index (χ0) is 30.1. The van der Waals surface area contributed by atoms with E-state index < -0.39 is 16.6 Å². The molecule has 1 aliphatic rings. The maximum atomic E-state index is 12.8. The molecule has 0 aliphatic heterocycles. The molecule has 0 spiro atoms. The summed E-state index contributed by atoms with van der Waals surface area (Å²) < 4.78 is 19.6. The first-order valence-electron chi connectivity index (χ1n) is 14.8. The van der Waals surface area contributed by atoms with Crippen molar-refractivity contribution < 1.29 is 18.4 Å². The molecule has 0 atom stereocenters. The van der Waals surface area contributed by atoms with Crippen LogP contribution in [0, 0.1) is 0 Å². The predicted molar refractivity (Wildman–Crippen MR) is 173 cm³/mol. The van der Waals surface area contributed by atoms with Gasteiger partial charge in [-0.1, -0.05) is 47.6 Å². The molecule has 0 saturated heterocycles. The van der Waals surface area contributed by atoms with E-state index in [1.165, 1.54) is 5.56 Å². The fourth-order valence-corrected chi connectivity index (χ4v) is 6.54. The maximum absolute atomic E-state index is 12.8. The Morgan fingerprint density at radius 3 is 1.80 bits per heavy atom. The van der Waals surface area contributed by atoms with Gasteiger partial charge in [0.1, 0.15) is 17.6 Å². The lowest BCUT2D eigenvalue weighted by molar-refractivity contribution is 0.0194. The minimum atomic E-state index is -2.06. The van der Waals surface area contributed by atoms with E-state index in [1.807, 2.05) is 43.3 Å². The molecule has 0 N–H and O–H groups in total. The van der Waals surface area contributed by atoms with Crippen molar-refractivity contribution in [2.75, 3.05) is 19.0 Å². The third-order valence-electron chi connectivity index (χ3n) is 9.34. The van der Waals surface area contributed by atoms with Gasteiger partial charge in [0, 0.05) is 25.8 Å². The lowest BCUT2D eigenvalue weighted by atomic mass is 9.82. The van der Waals surface area contributed by atoms with Crippen LogP contribution in [0.5, 0.6) is 11.5 Å². The lowest BCUT2D eigenvalue weighted by Gasteiger charge is -2.39. The summed E-state index contributed by atoms with van der Waals surface area (Å²) in [6.07, 6.45) is 3.59. The molecule has 0 unspecified atom stereocenters. The highest BCUT2D eigenvalue weighted by atomic mass is 28.4. The molecule has 0 heterocycles. The average Bonchev–Trinajstić information content (AvgIpc) is 2.83. The van der Waals surface area contributed by atoms with E-state index in [0.717, 1.165) is 42.9 Å². The zero-order valence-electron chi connectivity index (χ0n) is 27.1. The van der Waals surface area contributed by atoms with E-state index in [4.69, 9.17) is 13.6 Å². The van der Waals surface area contributed by atoms with Crippen LogP contribution in [0.3, 0.4) is 0 Å². The number of anilines is 1. The Labute approximate surface area is 245 Å². The van der Waals surface area contributed by atoms with Crippen LogP contribution in [-0.4, -0.2) is 42.8 Å². The van der Waals surface area contributed by atoms with Crippen LogP contribution in [-0.2, 0) is 4.74 Å². The van der Waals surface area contributed by atoms with Gasteiger partial charge in [0.2, 0.25) is 16.6 Å². The van der Waals surface area contributed by atoms with Gasteiger partial charge >= 0.3 is 5.97 Å². The van der Waals surface area contributed by atoms with Gasteiger partial charge in [0.15, 0.2) is 0 Å². The van der Waals surface area contributed by atoms with E-state index >= 15 is 0 Å². The van der Waals surface area contributed by atoms with Gasteiger partial charge in [0.05, 0.1) is 5.56 Å². The smallest absolute Gasteiger partial charge is 0.338 e. The van der Waals surface area contributed by atoms with Crippen molar-refractivity contribution in [3.05, 3.63) is 53.6 Å². The fraction of sp³-hybridized carbons (Fsp3) is 0.606. The molecule has 2 aromatic carbocycles. The van der Waals surface area contributed by atoms with Crippen LogP contribution in [0.25, 0.3) is 0 Å². The number of carbonyl (C=O) groups excluding carboxylic acids is 1. The first kappa shape index (κ1) is 32.3. The van der Waals surface area contributed by atoms with Crippen molar-refractivity contribution in [2.24, 2.45) is 0 Å². The van der Waals surface area contributed by atoms with Crippen molar-refractivity contribution in [3.63, 3.8) is 0 Å². The standard InChI is InChI=1S/C33H53NO4Si2/c1-32(2,3)39(9,10)37-28-21-22-29(30(23-28)38-40(11,12)33(4,5)6)24-15-19-27(20-16-24)36-31(35)25-13-17-26(18-14-25)34(7)8/h13-14,17-18,21-24,27H,15-16,19-20H2,1-12H3. The molecule has 222 valence electrons. The summed E-state index contributed by atoms with van der Waals surface area (Å²) in [6.45, 7) is 22.8. The van der Waals surface area contributed by atoms with Gasteiger partial charge in [-0.2, -0.15) is 0 Å². The molecule has 0 bridgehead atoms. The summed E-state index contributed by atoms with van der Waals surface area (Å²) in [7, 11) is -0.0581. The van der Waals surface area contributed by atoms with Gasteiger partial charge in [-0.05, 0) is 104 Å². The van der Waals surface area contributed by atoms with Gasteiger partial charge in [-0.25, -0.2) is 4.79 Å². The summed E-state index contributed by atoms with van der Waals surface area (Å²) in [5, 5.41) is 0.216. The van der Waals surface area contributed by atoms with Crippen molar-refractivity contribution >= 4 is 28.3 Å². The Balaban J connectivity index is 1.77. The molecule has 7 heteroatoms. The normalized spacial score (nSPS) is 18.7. The van der Waals surface area contributed by atoms with Gasteiger partial charge < -0.3 is 18.5 Å². The monoisotopic (exact) mass is 583 g/mol. The Kier molecular flexibility index (Phi) is 9.62. The Hall–Kier alpha value is -2.26. The lowest BCUT2D eigenvalue weighted by Crippen LogP contribution is -2.44. The second-order valence-corrected chi connectivity index (χ2v) is 24.2. The van der Waals surface area contributed by atoms with E-state index in [9.17, 15) is 4.79 Å². The van der Waals surface area contributed by atoms with Crippen LogP contribution < -0.4 is 13.8 Å². The maximum Gasteiger partial charge on any atom is 0.338 e. The van der Waals surface area contributed by atoms with Crippen molar-refractivity contribution in [1.82, 2.24) is 0 Å². The summed E-state index contributed by atoms with van der Waals surface area (Å²) >= 11 is 0. The zero-order valence-corrected chi connectivity index (χ0v) is 29.1. The number of ether oxygens (including phenoxy) is 1. The third-order valence-corrected chi connectivity index (χ3v) is 18.0. The number of hydrogen-bond acceptors (Lipinski definition) is 5. The number of nitrogens with zero attached hydrogens (tertiary/aromatic N) is 1. The SMILES string of the molecule is CN(C)c1ccc(C(=O)OC2CCC(c3ccc(O[Si](C)(C)C(C)(C)C)cc3O[Si](C)(C)C(C)(C)C)CC2)cc1. The summed E-state index contributed by atoms with van der Waals surface area (Å²) in [5.41, 5.74) is 2.93. The Morgan fingerprint density at radius 1 is 0.775 bits per heavy atom. The molecular formula is C33H53NO4Si2. The van der Waals surface area contributed by atoms with Crippen LogP contribution in [0.1, 0.15) is 89.1 Å². The second-order valence-electron chi connectivity index (χ2n) is 14.7. The first-order chi connectivity index (χ1) is 18.3. The van der Waals surface area contributed by atoms with E-state index in [0.29, 0.717) is 11.5 Å². The molecule has 1 fully saturated rings. The molecule has 1 saturated carbocycles. The molecule has 0 radical (unpaired) electrons. The third kappa shape index (κ3) is 7.72. The highest BCUT2D eigenvalue weighted by Gasteiger charge is 2.41. The number of rotatable bonds is 8. The van der Waals surface area contributed by atoms with Crippen molar-refractivity contribution in [3.8, 4) is 11.5 Å². The second kappa shape index (κ2) is 11.9. The van der Waals surface area contributed by atoms with Crippen molar-refractivity contribution in [2.45, 2.75) is 116 Å². The quantitative estimate of drug-likeness (QED) is 0.229. The van der Waals surface area contributed by atoms with Crippen LogP contribution in [0.2, 0.25) is 36.3 Å². The highest BCUT2D eigenvalue weighted by molar-refractivity contribution is 6.75. The summed E-state index contributed by atoms with van der Waals surface area (Å²) in [5.74, 6) is 2.02. The molecular weight excluding hydrogens is 531 g/mol. The molecule has 2 aromatic rings. The Morgan fingerprint density at radius 2 is 1.30 bits per heavy atom. The van der Waals surface area contributed by atoms with Crippen LogP contribution in [0.4, 0.5) is 5.69 Å². The molecule has 5 nitrogen and oxygen atoms in total. The van der Waals surface area contributed by atoms with E-state index in [2.05, 4.69) is 85.9 Å². The minimum absolute atomic E-state index is 0.0526. The van der Waals surface area contributed by atoms with Crippen LogP contribution in [0.15, 0.2) is 42.5 Å². The molecule has 0 amide bonds. The first-order valence-corrected chi connectivity index (χ1v) is 20.6. The Bertz CT molecular complexity index is 1150. The van der Waals surface area contributed by atoms with E-state index in [1.54, 1.807) is 0 Å². The number of hydrogen-bond donors (Lipinski definition) is 0. The van der Waals surface area contributed by atoms with Gasteiger partial charge in [-0.3, -0.25) is 0 Å². The number of carbonyl (C=O) groups is 1. The highest BCUT2D eigenvalue weighted by Crippen LogP contribution is 2.45. The van der Waals surface area contributed by atoms with Crippen molar-refractivity contribution in [1.29, 1.82) is 0 Å².